The third kappa shape index (κ3) is 4.14. The highest BCUT2D eigenvalue weighted by Gasteiger charge is 2.26. The minimum Gasteiger partial charge on any atom is -0.409 e. The number of amidine groups is 1. The van der Waals surface area contributed by atoms with Crippen molar-refractivity contribution < 1.29 is 13.6 Å². The predicted octanol–water partition coefficient (Wildman–Crippen LogP) is -0.910. The topological polar surface area (TPSA) is 99.2 Å². The third-order valence-electron chi connectivity index (χ3n) is 2.70. The number of hydrogen-bond acceptors (Lipinski definition) is 5. The van der Waals surface area contributed by atoms with E-state index in [4.69, 9.17) is 10.9 Å². The largest absolute Gasteiger partial charge is 0.409 e. The Balaban J connectivity index is 2.46. The molecule has 7 nitrogen and oxygen atoms in total. The highest BCUT2D eigenvalue weighted by Crippen LogP contribution is 2.08. The molecular weight excluding hydrogens is 244 g/mol. The number of nitrogens with two attached hydrogens (primary N) is 1. The van der Waals surface area contributed by atoms with E-state index >= 15 is 0 Å². The number of piperazine rings is 1. The molecule has 0 unspecified atom stereocenters. The van der Waals surface area contributed by atoms with Gasteiger partial charge in [0, 0.05) is 26.2 Å². The number of rotatable bonds is 5. The van der Waals surface area contributed by atoms with Gasteiger partial charge in [-0.25, -0.2) is 8.42 Å². The van der Waals surface area contributed by atoms with Crippen LogP contribution in [0.4, 0.5) is 0 Å². The van der Waals surface area contributed by atoms with Crippen LogP contribution in [0.15, 0.2) is 5.16 Å². The van der Waals surface area contributed by atoms with E-state index in [1.165, 1.54) is 4.31 Å². The number of nitrogens with zero attached hydrogens (tertiary/aromatic N) is 3. The summed E-state index contributed by atoms with van der Waals surface area (Å²) in [7, 11) is -3.10. The zero-order valence-electron chi connectivity index (χ0n) is 10.0. The first-order valence-corrected chi connectivity index (χ1v) is 7.27. The van der Waals surface area contributed by atoms with Crippen LogP contribution in [-0.2, 0) is 10.0 Å². The van der Waals surface area contributed by atoms with E-state index in [-0.39, 0.29) is 11.6 Å². The molecule has 0 saturated carbocycles. The molecule has 0 radical (unpaired) electrons. The molecule has 1 fully saturated rings. The van der Waals surface area contributed by atoms with Gasteiger partial charge in [-0.15, -0.1) is 0 Å². The summed E-state index contributed by atoms with van der Waals surface area (Å²) < 4.78 is 25.1. The van der Waals surface area contributed by atoms with Crippen LogP contribution in [-0.4, -0.2) is 67.1 Å². The molecule has 0 aliphatic carbocycles. The average molecular weight is 264 g/mol. The molecule has 0 atom stereocenters. The van der Waals surface area contributed by atoms with Crippen LogP contribution >= 0.6 is 0 Å². The molecular formula is C9H20N4O3S. The first-order chi connectivity index (χ1) is 7.99. The molecule has 1 heterocycles. The zero-order chi connectivity index (χ0) is 12.9. The molecule has 3 N–H and O–H groups in total. The van der Waals surface area contributed by atoms with E-state index in [9.17, 15) is 8.42 Å². The van der Waals surface area contributed by atoms with Crippen LogP contribution in [0.5, 0.6) is 0 Å². The van der Waals surface area contributed by atoms with Crippen LogP contribution in [0, 0.1) is 0 Å². The highest BCUT2D eigenvalue weighted by molar-refractivity contribution is 7.89. The Bertz CT molecular complexity index is 360. The Labute approximate surface area is 102 Å². The second-order valence-corrected chi connectivity index (χ2v) is 6.17. The Morgan fingerprint density at radius 1 is 1.35 bits per heavy atom. The lowest BCUT2D eigenvalue weighted by atomic mass is 10.3. The summed E-state index contributed by atoms with van der Waals surface area (Å²) in [6.07, 6.45) is 0.632. The van der Waals surface area contributed by atoms with Gasteiger partial charge in [0.15, 0.2) is 5.84 Å². The van der Waals surface area contributed by atoms with Crippen molar-refractivity contribution in [3.05, 3.63) is 0 Å². The van der Waals surface area contributed by atoms with Crippen LogP contribution < -0.4 is 5.73 Å². The fourth-order valence-electron chi connectivity index (χ4n) is 1.81. The van der Waals surface area contributed by atoms with Gasteiger partial charge in [0.05, 0.1) is 12.3 Å². The second kappa shape index (κ2) is 6.18. The fraction of sp³-hybridized carbons (Fsp3) is 0.889. The Kier molecular flexibility index (Phi) is 5.16. The van der Waals surface area contributed by atoms with Gasteiger partial charge in [0.2, 0.25) is 10.0 Å². The summed E-state index contributed by atoms with van der Waals surface area (Å²) in [5.74, 6) is 0.350. The van der Waals surface area contributed by atoms with Crippen LogP contribution in [0.2, 0.25) is 0 Å². The van der Waals surface area contributed by atoms with Crippen molar-refractivity contribution in [3.8, 4) is 0 Å². The van der Waals surface area contributed by atoms with Gasteiger partial charge in [-0.3, -0.25) is 4.90 Å². The molecule has 1 saturated heterocycles. The van der Waals surface area contributed by atoms with Crippen LogP contribution in [0.25, 0.3) is 0 Å². The Hall–Kier alpha value is -0.860. The number of sulfonamides is 1. The second-order valence-electron chi connectivity index (χ2n) is 4.08. The zero-order valence-corrected chi connectivity index (χ0v) is 10.9. The lowest BCUT2D eigenvalue weighted by Crippen LogP contribution is -2.51. The molecule has 0 bridgehead atoms. The summed E-state index contributed by atoms with van der Waals surface area (Å²) in [4.78, 5) is 1.97. The Morgan fingerprint density at radius 3 is 2.41 bits per heavy atom. The van der Waals surface area contributed by atoms with E-state index in [1.807, 2.05) is 11.8 Å². The van der Waals surface area contributed by atoms with Crippen molar-refractivity contribution >= 4 is 15.9 Å². The molecule has 0 aromatic heterocycles. The van der Waals surface area contributed by atoms with Gasteiger partial charge in [-0.05, 0) is 6.42 Å². The summed E-state index contributed by atoms with van der Waals surface area (Å²) in [6, 6.07) is 0. The van der Waals surface area contributed by atoms with Gasteiger partial charge in [0.1, 0.15) is 0 Å². The Morgan fingerprint density at radius 2 is 1.94 bits per heavy atom. The first-order valence-electron chi connectivity index (χ1n) is 5.66. The molecule has 0 aromatic rings. The summed E-state index contributed by atoms with van der Waals surface area (Å²) in [5.41, 5.74) is 5.40. The van der Waals surface area contributed by atoms with Gasteiger partial charge in [0.25, 0.3) is 0 Å². The maximum absolute atomic E-state index is 11.8. The molecule has 1 rings (SSSR count). The number of oxime groups is 1. The minimum absolute atomic E-state index is 0.148. The van der Waals surface area contributed by atoms with Gasteiger partial charge in [-0.2, -0.15) is 4.31 Å². The minimum atomic E-state index is -3.10. The molecule has 0 aromatic carbocycles. The summed E-state index contributed by atoms with van der Waals surface area (Å²) in [6.45, 7) is 4.39. The highest BCUT2D eigenvalue weighted by atomic mass is 32.2. The summed E-state index contributed by atoms with van der Waals surface area (Å²) >= 11 is 0. The van der Waals surface area contributed by atoms with Crippen molar-refractivity contribution in [1.82, 2.24) is 9.21 Å². The number of hydrogen-bond donors (Lipinski definition) is 2. The van der Waals surface area contributed by atoms with E-state index < -0.39 is 10.0 Å². The van der Waals surface area contributed by atoms with Gasteiger partial charge in [-0.1, -0.05) is 12.1 Å². The smallest absolute Gasteiger partial charge is 0.214 e. The lowest BCUT2D eigenvalue weighted by molar-refractivity contribution is 0.206. The van der Waals surface area contributed by atoms with Crippen LogP contribution in [0.1, 0.15) is 13.3 Å². The average Bonchev–Trinajstić information content (AvgIpc) is 2.29. The maximum Gasteiger partial charge on any atom is 0.214 e. The molecule has 0 spiro atoms. The van der Waals surface area contributed by atoms with Crippen molar-refractivity contribution in [2.75, 3.05) is 38.5 Å². The van der Waals surface area contributed by atoms with Crippen LogP contribution in [0.3, 0.4) is 0 Å². The lowest BCUT2D eigenvalue weighted by Gasteiger charge is -2.33. The van der Waals surface area contributed by atoms with Crippen molar-refractivity contribution in [1.29, 1.82) is 0 Å². The van der Waals surface area contributed by atoms with E-state index in [0.29, 0.717) is 39.1 Å². The van der Waals surface area contributed by atoms with Gasteiger partial charge < -0.3 is 10.9 Å². The molecule has 100 valence electrons. The molecule has 1 aliphatic heterocycles. The normalized spacial score (nSPS) is 20.6. The fourth-order valence-corrected chi connectivity index (χ4v) is 3.31. The SMILES string of the molecule is CCCS(=O)(=O)N1CCN(CC(N)=NO)CC1. The van der Waals surface area contributed by atoms with E-state index in [2.05, 4.69) is 5.16 Å². The van der Waals surface area contributed by atoms with E-state index in [0.717, 1.165) is 0 Å². The molecule has 1 aliphatic rings. The van der Waals surface area contributed by atoms with Crippen molar-refractivity contribution in [3.63, 3.8) is 0 Å². The first kappa shape index (κ1) is 14.2. The molecule has 17 heavy (non-hydrogen) atoms. The van der Waals surface area contributed by atoms with Gasteiger partial charge >= 0.3 is 0 Å². The quantitative estimate of drug-likeness (QED) is 0.290. The standard InChI is InChI=1S/C9H20N4O3S/c1-2-7-17(15,16)13-5-3-12(4-6-13)8-9(10)11-14/h14H,2-8H2,1H3,(H2,10,11). The third-order valence-corrected chi connectivity index (χ3v) is 4.78. The van der Waals surface area contributed by atoms with E-state index in [1.54, 1.807) is 0 Å². The predicted molar refractivity (Wildman–Crippen MR) is 65.5 cm³/mol. The van der Waals surface area contributed by atoms with Crippen molar-refractivity contribution in [2.24, 2.45) is 10.9 Å². The summed E-state index contributed by atoms with van der Waals surface area (Å²) in [5, 5.41) is 11.3. The molecule has 8 heteroatoms. The molecule has 0 amide bonds. The maximum atomic E-state index is 11.8. The van der Waals surface area contributed by atoms with Crippen molar-refractivity contribution in [2.45, 2.75) is 13.3 Å². The monoisotopic (exact) mass is 264 g/mol.